The quantitative estimate of drug-likeness (QED) is 0.342. The number of carbonyl (C=O) groups is 1. The SMILES string of the molecule is C[N+](C)(C)c1ccc(C=O)cc1.F[B-](F)(F)F. The molecule has 0 saturated heterocycles. The van der Waals surface area contributed by atoms with Crippen LogP contribution in [-0.4, -0.2) is 34.7 Å². The standard InChI is InChI=1S/C10H14NO.BF4/c1-11(2,3)10-6-4-9(8-12)5-7-10;2-1(3,4)5/h4-8H,1-3H3;/q+1;-1. The molecule has 0 aliphatic rings. The Labute approximate surface area is 97.5 Å². The molecular formula is C10H14BF4NO. The summed E-state index contributed by atoms with van der Waals surface area (Å²) < 4.78 is 39.8. The molecule has 0 saturated carbocycles. The molecule has 0 N–H and O–H groups in total. The number of aldehydes is 1. The van der Waals surface area contributed by atoms with Crippen molar-refractivity contribution < 1.29 is 22.1 Å². The maximum absolute atomic E-state index is 10.4. The predicted molar refractivity (Wildman–Crippen MR) is 61.6 cm³/mol. The maximum atomic E-state index is 10.4. The fourth-order valence-corrected chi connectivity index (χ4v) is 1.00. The summed E-state index contributed by atoms with van der Waals surface area (Å²) in [7, 11) is 0.280. The molecule has 96 valence electrons. The van der Waals surface area contributed by atoms with Crippen LogP contribution in [0.25, 0.3) is 0 Å². The lowest BCUT2D eigenvalue weighted by atomic mass is 10.2. The molecule has 0 spiro atoms. The van der Waals surface area contributed by atoms with Gasteiger partial charge in [0, 0.05) is 5.56 Å². The van der Waals surface area contributed by atoms with Crippen molar-refractivity contribution in [3.63, 3.8) is 0 Å². The highest BCUT2D eigenvalue weighted by molar-refractivity contribution is 6.50. The van der Waals surface area contributed by atoms with E-state index in [0.717, 1.165) is 16.3 Å². The van der Waals surface area contributed by atoms with E-state index >= 15 is 0 Å². The van der Waals surface area contributed by atoms with Gasteiger partial charge in [0.1, 0.15) is 12.0 Å². The van der Waals surface area contributed by atoms with Gasteiger partial charge in [-0.05, 0) is 24.3 Å². The topological polar surface area (TPSA) is 17.1 Å². The van der Waals surface area contributed by atoms with Crippen molar-refractivity contribution in [1.29, 1.82) is 0 Å². The molecule has 0 aliphatic heterocycles. The Morgan fingerprint density at radius 2 is 1.35 bits per heavy atom. The van der Waals surface area contributed by atoms with Crippen molar-refractivity contribution in [2.75, 3.05) is 21.1 Å². The zero-order valence-corrected chi connectivity index (χ0v) is 9.83. The number of halogens is 4. The number of rotatable bonds is 2. The van der Waals surface area contributed by atoms with Gasteiger partial charge in [0.25, 0.3) is 0 Å². The van der Waals surface area contributed by atoms with Crippen LogP contribution in [-0.2, 0) is 0 Å². The summed E-state index contributed by atoms with van der Waals surface area (Å²) in [6, 6.07) is 7.63. The third kappa shape index (κ3) is 8.44. The Bertz CT molecular complexity index is 350. The molecule has 1 rings (SSSR count). The van der Waals surface area contributed by atoms with E-state index in [2.05, 4.69) is 21.1 Å². The van der Waals surface area contributed by atoms with Crippen molar-refractivity contribution in [3.8, 4) is 0 Å². The van der Waals surface area contributed by atoms with Crippen molar-refractivity contribution in [1.82, 2.24) is 4.48 Å². The molecule has 0 amide bonds. The lowest BCUT2D eigenvalue weighted by Gasteiger charge is -2.23. The molecule has 0 aromatic heterocycles. The largest absolute Gasteiger partial charge is 0.673 e. The average Bonchev–Trinajstić information content (AvgIpc) is 2.14. The van der Waals surface area contributed by atoms with Gasteiger partial charge in [-0.1, -0.05) is 0 Å². The molecule has 2 nitrogen and oxygen atoms in total. The molecule has 1 aromatic rings. The number of benzene rings is 1. The van der Waals surface area contributed by atoms with Gasteiger partial charge in [0.05, 0.1) is 21.1 Å². The third-order valence-electron chi connectivity index (χ3n) is 1.80. The first-order chi connectivity index (χ1) is 7.54. The molecule has 0 atom stereocenters. The minimum Gasteiger partial charge on any atom is -0.418 e. The lowest BCUT2D eigenvalue weighted by Crippen LogP contribution is -2.34. The number of carbonyl (C=O) groups excluding carboxylic acids is 1. The smallest absolute Gasteiger partial charge is 0.418 e. The molecule has 0 aliphatic carbocycles. The van der Waals surface area contributed by atoms with E-state index in [0.29, 0.717) is 0 Å². The van der Waals surface area contributed by atoms with Gasteiger partial charge in [-0.2, -0.15) is 0 Å². The molecule has 0 heterocycles. The van der Waals surface area contributed by atoms with Crippen LogP contribution in [0.3, 0.4) is 0 Å². The van der Waals surface area contributed by atoms with Gasteiger partial charge in [-0.3, -0.25) is 9.28 Å². The van der Waals surface area contributed by atoms with Crippen molar-refractivity contribution in [2.24, 2.45) is 0 Å². The predicted octanol–water partition coefficient (Wildman–Crippen LogP) is 3.00. The van der Waals surface area contributed by atoms with Crippen molar-refractivity contribution in [3.05, 3.63) is 29.8 Å². The highest BCUT2D eigenvalue weighted by Crippen LogP contribution is 2.16. The van der Waals surface area contributed by atoms with Crippen LogP contribution in [0.4, 0.5) is 23.0 Å². The molecule has 0 fully saturated rings. The zero-order chi connectivity index (χ0) is 13.7. The van der Waals surface area contributed by atoms with Gasteiger partial charge >= 0.3 is 7.25 Å². The minimum absolute atomic E-state index is 0.729. The second-order valence-corrected chi connectivity index (χ2v) is 4.22. The minimum atomic E-state index is -6.00. The third-order valence-corrected chi connectivity index (χ3v) is 1.80. The van der Waals surface area contributed by atoms with Crippen LogP contribution in [0.1, 0.15) is 10.4 Å². The fraction of sp³-hybridized carbons (Fsp3) is 0.300. The number of nitrogens with zero attached hydrogens (tertiary/aromatic N) is 1. The summed E-state index contributed by atoms with van der Waals surface area (Å²) >= 11 is 0. The Kier molecular flexibility index (Phi) is 5.35. The normalized spacial score (nSPS) is 11.5. The van der Waals surface area contributed by atoms with Crippen LogP contribution in [0.15, 0.2) is 24.3 Å². The second kappa shape index (κ2) is 5.81. The van der Waals surface area contributed by atoms with Crippen molar-refractivity contribution in [2.45, 2.75) is 0 Å². The van der Waals surface area contributed by atoms with Crippen LogP contribution in [0, 0.1) is 0 Å². The molecule has 1 aromatic carbocycles. The van der Waals surface area contributed by atoms with Crippen LogP contribution >= 0.6 is 0 Å². The monoisotopic (exact) mass is 251 g/mol. The number of hydrogen-bond acceptors (Lipinski definition) is 1. The van der Waals surface area contributed by atoms with Crippen LogP contribution in [0.2, 0.25) is 0 Å². The fourth-order valence-electron chi connectivity index (χ4n) is 1.00. The van der Waals surface area contributed by atoms with Gasteiger partial charge in [-0.15, -0.1) is 0 Å². The van der Waals surface area contributed by atoms with E-state index in [-0.39, 0.29) is 0 Å². The first-order valence-electron chi connectivity index (χ1n) is 4.78. The average molecular weight is 251 g/mol. The van der Waals surface area contributed by atoms with Gasteiger partial charge in [0.2, 0.25) is 0 Å². The Hall–Kier alpha value is -1.37. The lowest BCUT2D eigenvalue weighted by molar-refractivity contribution is 0.112. The van der Waals surface area contributed by atoms with Crippen molar-refractivity contribution >= 4 is 19.2 Å². The Morgan fingerprint density at radius 3 is 1.59 bits per heavy atom. The first-order valence-corrected chi connectivity index (χ1v) is 4.78. The number of quaternary nitrogens is 1. The van der Waals surface area contributed by atoms with Gasteiger partial charge in [0.15, 0.2) is 0 Å². The van der Waals surface area contributed by atoms with E-state index in [4.69, 9.17) is 0 Å². The van der Waals surface area contributed by atoms with Gasteiger partial charge in [-0.25, -0.2) is 0 Å². The molecule has 0 radical (unpaired) electrons. The summed E-state index contributed by atoms with van der Waals surface area (Å²) in [5, 5.41) is 0. The maximum Gasteiger partial charge on any atom is 0.673 e. The highest BCUT2D eigenvalue weighted by Gasteiger charge is 2.20. The first kappa shape index (κ1) is 15.6. The highest BCUT2D eigenvalue weighted by atomic mass is 19.5. The summed E-state index contributed by atoms with van der Waals surface area (Å²) in [6.45, 7) is 0. The molecule has 17 heavy (non-hydrogen) atoms. The van der Waals surface area contributed by atoms with Gasteiger partial charge < -0.3 is 17.3 Å². The molecule has 0 unspecified atom stereocenters. The molecular weight excluding hydrogens is 237 g/mol. The number of hydrogen-bond donors (Lipinski definition) is 0. The van der Waals surface area contributed by atoms with E-state index in [1.807, 2.05) is 24.3 Å². The van der Waals surface area contributed by atoms with E-state index < -0.39 is 7.25 Å². The summed E-state index contributed by atoms with van der Waals surface area (Å²) in [5.41, 5.74) is 1.92. The van der Waals surface area contributed by atoms with E-state index in [9.17, 15) is 22.1 Å². The van der Waals surface area contributed by atoms with Crippen LogP contribution in [0.5, 0.6) is 0 Å². The Morgan fingerprint density at radius 1 is 1.00 bits per heavy atom. The summed E-state index contributed by atoms with van der Waals surface area (Å²) in [6.07, 6.45) is 0.861. The van der Waals surface area contributed by atoms with Crippen LogP contribution < -0.4 is 4.48 Å². The zero-order valence-electron chi connectivity index (χ0n) is 9.83. The Balaban J connectivity index is 0.000000437. The molecule has 0 bridgehead atoms. The second-order valence-electron chi connectivity index (χ2n) is 4.22. The summed E-state index contributed by atoms with van der Waals surface area (Å²) in [4.78, 5) is 10.4. The molecule has 7 heteroatoms. The van der Waals surface area contributed by atoms with E-state index in [1.165, 1.54) is 5.69 Å². The summed E-state index contributed by atoms with van der Waals surface area (Å²) in [5.74, 6) is 0. The van der Waals surface area contributed by atoms with E-state index in [1.54, 1.807) is 0 Å².